The predicted molar refractivity (Wildman–Crippen MR) is 73.3 cm³/mol. The first-order valence-electron chi connectivity index (χ1n) is 6.15. The van der Waals surface area contributed by atoms with E-state index in [1.165, 1.54) is 5.56 Å². The van der Waals surface area contributed by atoms with Crippen LogP contribution in [0.2, 0.25) is 0 Å². The van der Waals surface area contributed by atoms with E-state index < -0.39 is 0 Å². The Morgan fingerprint density at radius 2 is 2.12 bits per heavy atom. The number of nitrogens with zero attached hydrogens (tertiary/aromatic N) is 1. The Hall–Kier alpha value is -0.580. The molecule has 4 heteroatoms. The normalized spacial score (nSPS) is 19.2. The highest BCUT2D eigenvalue weighted by molar-refractivity contribution is 9.10. The summed E-state index contributed by atoms with van der Waals surface area (Å²) in [6.07, 6.45) is 1.06. The molecule has 0 aromatic heterocycles. The summed E-state index contributed by atoms with van der Waals surface area (Å²) in [5.74, 6) is 0.344. The van der Waals surface area contributed by atoms with E-state index in [2.05, 4.69) is 33.1 Å². The van der Waals surface area contributed by atoms with Crippen molar-refractivity contribution in [3.05, 3.63) is 28.2 Å². The molecule has 1 heterocycles. The van der Waals surface area contributed by atoms with Crippen LogP contribution in [0.25, 0.3) is 0 Å². The smallest absolute Gasteiger partial charge is 0.115 e. The third kappa shape index (κ3) is 3.00. The molecular weight excluding hydrogens is 280 g/mol. The zero-order chi connectivity index (χ0) is 12.3. The summed E-state index contributed by atoms with van der Waals surface area (Å²) in [6.45, 7) is 6.43. The van der Waals surface area contributed by atoms with Crippen molar-refractivity contribution in [3.8, 4) is 5.75 Å². The molecule has 1 aliphatic heterocycles. The molecule has 1 atom stereocenters. The molecule has 0 amide bonds. The summed E-state index contributed by atoms with van der Waals surface area (Å²) in [4.78, 5) is 2.48. The Bertz CT molecular complexity index is 378. The van der Waals surface area contributed by atoms with Gasteiger partial charge in [0.2, 0.25) is 0 Å². The third-order valence-corrected chi connectivity index (χ3v) is 4.04. The lowest BCUT2D eigenvalue weighted by Crippen LogP contribution is -2.45. The second kappa shape index (κ2) is 5.85. The SMILES string of the molecule is CC[C@H](c1cc(O)ccc1Br)N1CCNCC1. The van der Waals surface area contributed by atoms with E-state index in [-0.39, 0.29) is 0 Å². The molecule has 0 radical (unpaired) electrons. The number of hydrogen-bond acceptors (Lipinski definition) is 3. The van der Waals surface area contributed by atoms with Crippen molar-refractivity contribution in [1.82, 2.24) is 10.2 Å². The van der Waals surface area contributed by atoms with E-state index >= 15 is 0 Å². The molecule has 2 rings (SSSR count). The summed E-state index contributed by atoms with van der Waals surface area (Å²) in [5.41, 5.74) is 1.19. The van der Waals surface area contributed by atoms with Gasteiger partial charge in [0.05, 0.1) is 0 Å². The van der Waals surface area contributed by atoms with Gasteiger partial charge >= 0.3 is 0 Å². The zero-order valence-corrected chi connectivity index (χ0v) is 11.7. The van der Waals surface area contributed by atoms with Crippen LogP contribution in [0, 0.1) is 0 Å². The van der Waals surface area contributed by atoms with Gasteiger partial charge in [0.1, 0.15) is 5.75 Å². The van der Waals surface area contributed by atoms with Crippen LogP contribution in [-0.2, 0) is 0 Å². The van der Waals surface area contributed by atoms with Crippen molar-refractivity contribution >= 4 is 15.9 Å². The summed E-state index contributed by atoms with van der Waals surface area (Å²) in [6, 6.07) is 5.91. The van der Waals surface area contributed by atoms with Gasteiger partial charge in [-0.2, -0.15) is 0 Å². The standard InChI is InChI=1S/C13H19BrN2O/c1-2-13(16-7-5-15-6-8-16)11-9-10(17)3-4-12(11)14/h3-4,9,13,15,17H,2,5-8H2,1H3/t13-/m1/s1. The molecule has 0 saturated carbocycles. The highest BCUT2D eigenvalue weighted by atomic mass is 79.9. The molecule has 3 nitrogen and oxygen atoms in total. The third-order valence-electron chi connectivity index (χ3n) is 3.32. The van der Waals surface area contributed by atoms with E-state index in [0.717, 1.165) is 37.1 Å². The zero-order valence-electron chi connectivity index (χ0n) is 10.1. The lowest BCUT2D eigenvalue weighted by Gasteiger charge is -2.35. The van der Waals surface area contributed by atoms with E-state index in [0.29, 0.717) is 11.8 Å². The van der Waals surface area contributed by atoms with Crippen LogP contribution in [0.4, 0.5) is 0 Å². The van der Waals surface area contributed by atoms with E-state index in [1.807, 2.05) is 12.1 Å². The van der Waals surface area contributed by atoms with Gasteiger partial charge in [-0.15, -0.1) is 0 Å². The van der Waals surface area contributed by atoms with E-state index in [4.69, 9.17) is 0 Å². The maximum Gasteiger partial charge on any atom is 0.115 e. The van der Waals surface area contributed by atoms with Crippen molar-refractivity contribution in [2.75, 3.05) is 26.2 Å². The van der Waals surface area contributed by atoms with Gasteiger partial charge < -0.3 is 10.4 Å². The fourth-order valence-corrected chi connectivity index (χ4v) is 2.97. The second-order valence-corrected chi connectivity index (χ2v) is 5.27. The number of rotatable bonds is 3. The molecule has 1 aromatic carbocycles. The molecule has 17 heavy (non-hydrogen) atoms. The number of piperazine rings is 1. The van der Waals surface area contributed by atoms with Crippen LogP contribution >= 0.6 is 15.9 Å². The lowest BCUT2D eigenvalue weighted by molar-refractivity contribution is 0.168. The Balaban J connectivity index is 2.24. The molecule has 0 aliphatic carbocycles. The maximum atomic E-state index is 9.63. The minimum Gasteiger partial charge on any atom is -0.508 e. The summed E-state index contributed by atoms with van der Waals surface area (Å²) in [5, 5.41) is 13.0. The van der Waals surface area contributed by atoms with Crippen LogP contribution in [0.1, 0.15) is 24.9 Å². The lowest BCUT2D eigenvalue weighted by atomic mass is 10.0. The van der Waals surface area contributed by atoms with Crippen LogP contribution in [0.3, 0.4) is 0 Å². The van der Waals surface area contributed by atoms with Crippen molar-refractivity contribution < 1.29 is 5.11 Å². The summed E-state index contributed by atoms with van der Waals surface area (Å²) >= 11 is 3.59. The Morgan fingerprint density at radius 1 is 1.41 bits per heavy atom. The number of phenols is 1. The van der Waals surface area contributed by atoms with Gasteiger partial charge in [0.15, 0.2) is 0 Å². The quantitative estimate of drug-likeness (QED) is 0.900. The minimum atomic E-state index is 0.344. The average molecular weight is 299 g/mol. The van der Waals surface area contributed by atoms with Gasteiger partial charge in [-0.05, 0) is 30.2 Å². The molecule has 0 unspecified atom stereocenters. The minimum absolute atomic E-state index is 0.344. The average Bonchev–Trinajstić information content (AvgIpc) is 2.36. The summed E-state index contributed by atoms with van der Waals surface area (Å²) < 4.78 is 1.08. The molecule has 1 aliphatic rings. The highest BCUT2D eigenvalue weighted by Crippen LogP contribution is 2.32. The Morgan fingerprint density at radius 3 is 2.76 bits per heavy atom. The van der Waals surface area contributed by atoms with Crippen LogP contribution in [0.15, 0.2) is 22.7 Å². The number of benzene rings is 1. The van der Waals surface area contributed by atoms with Crippen molar-refractivity contribution in [2.24, 2.45) is 0 Å². The monoisotopic (exact) mass is 298 g/mol. The molecule has 0 bridgehead atoms. The topological polar surface area (TPSA) is 35.5 Å². The van der Waals surface area contributed by atoms with Crippen LogP contribution in [0.5, 0.6) is 5.75 Å². The molecular formula is C13H19BrN2O. The van der Waals surface area contributed by atoms with Gasteiger partial charge in [-0.25, -0.2) is 0 Å². The molecule has 0 spiro atoms. The molecule has 1 fully saturated rings. The van der Waals surface area contributed by atoms with Gasteiger partial charge in [-0.3, -0.25) is 4.90 Å². The first-order chi connectivity index (χ1) is 8.22. The second-order valence-electron chi connectivity index (χ2n) is 4.42. The number of hydrogen-bond donors (Lipinski definition) is 2. The van der Waals surface area contributed by atoms with Crippen LogP contribution in [-0.4, -0.2) is 36.2 Å². The number of aromatic hydroxyl groups is 1. The first-order valence-corrected chi connectivity index (χ1v) is 6.95. The Labute approximate surface area is 111 Å². The molecule has 1 aromatic rings. The molecule has 1 saturated heterocycles. The number of nitrogens with one attached hydrogen (secondary N) is 1. The number of halogens is 1. The number of phenolic OH excluding ortho intramolecular Hbond substituents is 1. The fraction of sp³-hybridized carbons (Fsp3) is 0.538. The van der Waals surface area contributed by atoms with Crippen LogP contribution < -0.4 is 5.32 Å². The molecule has 94 valence electrons. The van der Waals surface area contributed by atoms with Crippen molar-refractivity contribution in [3.63, 3.8) is 0 Å². The summed E-state index contributed by atoms with van der Waals surface area (Å²) in [7, 11) is 0. The predicted octanol–water partition coefficient (Wildman–Crippen LogP) is 2.51. The Kier molecular flexibility index (Phi) is 4.42. The van der Waals surface area contributed by atoms with Crippen molar-refractivity contribution in [1.29, 1.82) is 0 Å². The van der Waals surface area contributed by atoms with Crippen molar-refractivity contribution in [2.45, 2.75) is 19.4 Å². The van der Waals surface area contributed by atoms with E-state index in [1.54, 1.807) is 6.07 Å². The fourth-order valence-electron chi connectivity index (χ4n) is 2.46. The van der Waals surface area contributed by atoms with Gasteiger partial charge in [-0.1, -0.05) is 22.9 Å². The maximum absolute atomic E-state index is 9.63. The first kappa shape index (κ1) is 12.9. The highest BCUT2D eigenvalue weighted by Gasteiger charge is 2.22. The van der Waals surface area contributed by atoms with Gasteiger partial charge in [0.25, 0.3) is 0 Å². The van der Waals surface area contributed by atoms with E-state index in [9.17, 15) is 5.11 Å². The molecule has 2 N–H and O–H groups in total. The largest absolute Gasteiger partial charge is 0.508 e. The van der Waals surface area contributed by atoms with Gasteiger partial charge in [0, 0.05) is 36.7 Å².